The largest absolute Gasteiger partial charge is 0.482 e. The maximum atomic E-state index is 13.1. The number of likely N-dealkylation sites (tertiary alicyclic amines) is 1. The Morgan fingerprint density at radius 3 is 2.67 bits per heavy atom. The SMILES string of the molecule is C=CC(=O)N1CCCC1CNC(=O)NC(Cc1ccccc1)B1O[C@@H]2CC(C)C(C)(C)C(C)[C@]2(C)O1. The highest BCUT2D eigenvalue weighted by Crippen LogP contribution is 2.54. The molecule has 1 aromatic rings. The lowest BCUT2D eigenvalue weighted by molar-refractivity contribution is -0.126. The summed E-state index contributed by atoms with van der Waals surface area (Å²) in [5.41, 5.74) is 0.818. The molecule has 2 N–H and O–H groups in total. The van der Waals surface area contributed by atoms with Gasteiger partial charge in [0, 0.05) is 19.1 Å². The van der Waals surface area contributed by atoms with E-state index in [1.54, 1.807) is 4.90 Å². The Labute approximate surface area is 216 Å². The van der Waals surface area contributed by atoms with Crippen LogP contribution >= 0.6 is 0 Å². The van der Waals surface area contributed by atoms with Crippen molar-refractivity contribution in [2.45, 2.75) is 84.0 Å². The van der Waals surface area contributed by atoms with Gasteiger partial charge in [-0.25, -0.2) is 4.79 Å². The summed E-state index contributed by atoms with van der Waals surface area (Å²) in [6.45, 7) is 16.1. The molecule has 1 aromatic carbocycles. The number of carbonyl (C=O) groups is 2. The van der Waals surface area contributed by atoms with Crippen LogP contribution in [0, 0.1) is 17.3 Å². The van der Waals surface area contributed by atoms with Crippen LogP contribution < -0.4 is 10.6 Å². The number of nitrogens with zero attached hydrogens (tertiary/aromatic N) is 1. The summed E-state index contributed by atoms with van der Waals surface area (Å²) in [6.07, 6.45) is 4.66. The van der Waals surface area contributed by atoms with Gasteiger partial charge in [-0.05, 0) is 61.5 Å². The minimum absolute atomic E-state index is 0.0133. The zero-order valence-electron chi connectivity index (χ0n) is 22.5. The molecule has 2 saturated heterocycles. The van der Waals surface area contributed by atoms with Crippen LogP contribution in [0.4, 0.5) is 4.79 Å². The molecule has 196 valence electrons. The Balaban J connectivity index is 1.46. The summed E-state index contributed by atoms with van der Waals surface area (Å²) >= 11 is 0. The Kier molecular flexibility index (Phi) is 7.86. The predicted octanol–water partition coefficient (Wildman–Crippen LogP) is 3.98. The fourth-order valence-corrected chi connectivity index (χ4v) is 6.26. The first-order valence-electron chi connectivity index (χ1n) is 13.4. The van der Waals surface area contributed by atoms with Crippen LogP contribution in [0.5, 0.6) is 0 Å². The van der Waals surface area contributed by atoms with Gasteiger partial charge >= 0.3 is 13.1 Å². The van der Waals surface area contributed by atoms with Crippen LogP contribution in [0.15, 0.2) is 43.0 Å². The zero-order valence-corrected chi connectivity index (χ0v) is 22.5. The highest BCUT2D eigenvalue weighted by atomic mass is 16.7. The van der Waals surface area contributed by atoms with Crippen molar-refractivity contribution in [2.75, 3.05) is 13.1 Å². The fourth-order valence-electron chi connectivity index (χ4n) is 6.26. The zero-order chi connectivity index (χ0) is 26.1. The summed E-state index contributed by atoms with van der Waals surface area (Å²) in [4.78, 5) is 27.0. The number of hydrogen-bond acceptors (Lipinski definition) is 4. The molecule has 0 spiro atoms. The van der Waals surface area contributed by atoms with Crippen LogP contribution in [-0.4, -0.2) is 60.7 Å². The van der Waals surface area contributed by atoms with E-state index in [1.165, 1.54) is 6.08 Å². The molecule has 4 rings (SSSR count). The van der Waals surface area contributed by atoms with Crippen molar-refractivity contribution in [3.05, 3.63) is 48.6 Å². The summed E-state index contributed by atoms with van der Waals surface area (Å²) in [5, 5.41) is 6.12. The summed E-state index contributed by atoms with van der Waals surface area (Å²) in [6, 6.07) is 9.81. The standard InChI is InChI=1S/C28H42BN3O4/c1-7-25(33)32-15-11-14-22(32)18-30-26(34)31-24(17-21-12-9-8-10-13-21)29-35-23-16-19(2)27(4,5)20(3)28(23,6)36-29/h7-10,12-13,19-20,22-24H,1,11,14-18H2,2-6H3,(H2,30,31,34)/t19?,20?,22?,23-,24?,28+/m1/s1. The molecular formula is C28H42BN3O4. The van der Waals surface area contributed by atoms with E-state index in [2.05, 4.69) is 64.0 Å². The lowest BCUT2D eigenvalue weighted by Crippen LogP contribution is -2.56. The van der Waals surface area contributed by atoms with E-state index in [4.69, 9.17) is 9.31 Å². The third-order valence-electron chi connectivity index (χ3n) is 9.40. The molecule has 2 aliphatic heterocycles. The molecule has 0 aromatic heterocycles. The molecule has 7 nitrogen and oxygen atoms in total. The normalized spacial score (nSPS) is 32.0. The highest BCUT2D eigenvalue weighted by molar-refractivity contribution is 6.48. The fraction of sp³-hybridized carbons (Fsp3) is 0.643. The summed E-state index contributed by atoms with van der Waals surface area (Å²) in [7, 11) is -0.542. The van der Waals surface area contributed by atoms with Gasteiger partial charge in [-0.3, -0.25) is 4.79 Å². The average Bonchev–Trinajstić information content (AvgIpc) is 3.46. The van der Waals surface area contributed by atoms with Gasteiger partial charge in [-0.15, -0.1) is 0 Å². The van der Waals surface area contributed by atoms with Gasteiger partial charge in [0.2, 0.25) is 5.91 Å². The third-order valence-corrected chi connectivity index (χ3v) is 9.40. The number of urea groups is 1. The number of nitrogens with one attached hydrogen (secondary N) is 2. The van der Waals surface area contributed by atoms with Gasteiger partial charge < -0.3 is 24.8 Å². The van der Waals surface area contributed by atoms with E-state index in [9.17, 15) is 9.59 Å². The Morgan fingerprint density at radius 2 is 1.97 bits per heavy atom. The minimum Gasteiger partial charge on any atom is -0.404 e. The molecule has 8 heteroatoms. The monoisotopic (exact) mass is 495 g/mol. The highest BCUT2D eigenvalue weighted by Gasteiger charge is 2.61. The van der Waals surface area contributed by atoms with E-state index in [-0.39, 0.29) is 35.4 Å². The topological polar surface area (TPSA) is 79.9 Å². The van der Waals surface area contributed by atoms with Crippen LogP contribution in [-0.2, 0) is 20.5 Å². The number of benzene rings is 1. The van der Waals surface area contributed by atoms with Crippen LogP contribution in [0.1, 0.15) is 59.4 Å². The summed E-state index contributed by atoms with van der Waals surface area (Å²) < 4.78 is 13.2. The van der Waals surface area contributed by atoms with Crippen molar-refractivity contribution in [1.82, 2.24) is 15.5 Å². The number of amides is 3. The van der Waals surface area contributed by atoms with Crippen molar-refractivity contribution in [2.24, 2.45) is 17.3 Å². The first-order valence-corrected chi connectivity index (χ1v) is 13.4. The second kappa shape index (κ2) is 10.6. The van der Waals surface area contributed by atoms with E-state index in [0.717, 1.165) is 24.8 Å². The molecule has 6 atom stereocenters. The molecular weight excluding hydrogens is 453 g/mol. The Bertz CT molecular complexity index is 957. The second-order valence-corrected chi connectivity index (χ2v) is 11.7. The third kappa shape index (κ3) is 5.21. The summed E-state index contributed by atoms with van der Waals surface area (Å²) in [5.74, 6) is 0.363. The first kappa shape index (κ1) is 26.7. The minimum atomic E-state index is -0.542. The van der Waals surface area contributed by atoms with Gasteiger partial charge in [0.15, 0.2) is 0 Å². The number of fused-ring (bicyclic) bond motifs is 1. The second-order valence-electron chi connectivity index (χ2n) is 11.7. The van der Waals surface area contributed by atoms with Gasteiger partial charge in [0.25, 0.3) is 0 Å². The van der Waals surface area contributed by atoms with Crippen molar-refractivity contribution in [3.63, 3.8) is 0 Å². The molecule has 0 radical (unpaired) electrons. The van der Waals surface area contributed by atoms with Gasteiger partial charge in [-0.1, -0.05) is 64.6 Å². The van der Waals surface area contributed by atoms with Crippen molar-refractivity contribution >= 4 is 19.1 Å². The van der Waals surface area contributed by atoms with Crippen LogP contribution in [0.25, 0.3) is 0 Å². The van der Waals surface area contributed by atoms with Gasteiger partial charge in [0.05, 0.1) is 17.6 Å². The Morgan fingerprint density at radius 1 is 1.25 bits per heavy atom. The first-order chi connectivity index (χ1) is 17.1. The van der Waals surface area contributed by atoms with Gasteiger partial charge in [0.1, 0.15) is 0 Å². The number of carbonyl (C=O) groups excluding carboxylic acids is 2. The lowest BCUT2D eigenvalue weighted by atomic mass is 9.57. The molecule has 0 bridgehead atoms. The Hall–Kier alpha value is -2.32. The van der Waals surface area contributed by atoms with E-state index >= 15 is 0 Å². The predicted molar refractivity (Wildman–Crippen MR) is 142 cm³/mol. The number of hydrogen-bond donors (Lipinski definition) is 2. The molecule has 3 amide bonds. The lowest BCUT2D eigenvalue weighted by Gasteiger charge is -2.53. The molecule has 4 unspecified atom stereocenters. The molecule has 3 aliphatic rings. The van der Waals surface area contributed by atoms with E-state index < -0.39 is 12.7 Å². The van der Waals surface area contributed by atoms with Crippen LogP contribution in [0.2, 0.25) is 0 Å². The van der Waals surface area contributed by atoms with Crippen molar-refractivity contribution < 1.29 is 18.9 Å². The molecule has 2 heterocycles. The van der Waals surface area contributed by atoms with Crippen molar-refractivity contribution in [3.8, 4) is 0 Å². The van der Waals surface area contributed by atoms with E-state index in [0.29, 0.717) is 31.3 Å². The smallest absolute Gasteiger partial charge is 0.404 e. The van der Waals surface area contributed by atoms with Crippen LogP contribution in [0.3, 0.4) is 0 Å². The maximum Gasteiger partial charge on any atom is 0.482 e. The molecule has 3 fully saturated rings. The van der Waals surface area contributed by atoms with Gasteiger partial charge in [-0.2, -0.15) is 0 Å². The average molecular weight is 495 g/mol. The van der Waals surface area contributed by atoms with Crippen molar-refractivity contribution in [1.29, 1.82) is 0 Å². The molecule has 1 saturated carbocycles. The molecule has 1 aliphatic carbocycles. The molecule has 36 heavy (non-hydrogen) atoms. The quantitative estimate of drug-likeness (QED) is 0.443. The van der Waals surface area contributed by atoms with E-state index in [1.807, 2.05) is 18.2 Å². The number of rotatable bonds is 7. The maximum absolute atomic E-state index is 13.1.